The third-order valence-corrected chi connectivity index (χ3v) is 3.85. The second kappa shape index (κ2) is 6.05. The Morgan fingerprint density at radius 2 is 1.81 bits per heavy atom. The number of halogens is 2. The number of piperidine rings is 1. The van der Waals surface area contributed by atoms with Gasteiger partial charge in [-0.25, -0.2) is 0 Å². The van der Waals surface area contributed by atoms with Crippen LogP contribution in [-0.2, 0) is 4.79 Å². The molecule has 16 heavy (non-hydrogen) atoms. The maximum absolute atomic E-state index is 10.7. The molecule has 1 aliphatic heterocycles. The van der Waals surface area contributed by atoms with Crippen molar-refractivity contribution in [1.82, 2.24) is 5.32 Å². The molecule has 0 aromatic rings. The first-order chi connectivity index (χ1) is 6.63. The fraction of sp³-hybridized carbons (Fsp3) is 0.900. The fourth-order valence-corrected chi connectivity index (χ4v) is 2.87. The molecule has 1 heterocycles. The summed E-state index contributed by atoms with van der Waals surface area (Å²) < 4.78 is 0. The van der Waals surface area contributed by atoms with E-state index in [1.54, 1.807) is 0 Å². The van der Waals surface area contributed by atoms with Crippen molar-refractivity contribution in [2.45, 2.75) is 31.7 Å². The van der Waals surface area contributed by atoms with Crippen LogP contribution < -0.4 is 11.1 Å². The van der Waals surface area contributed by atoms with E-state index in [2.05, 4.69) is 5.32 Å². The van der Waals surface area contributed by atoms with Crippen molar-refractivity contribution in [2.24, 2.45) is 17.1 Å². The minimum Gasteiger partial charge on any atom is -0.480 e. The van der Waals surface area contributed by atoms with Crippen LogP contribution in [0.3, 0.4) is 0 Å². The first kappa shape index (κ1) is 16.0. The van der Waals surface area contributed by atoms with Gasteiger partial charge in [-0.1, -0.05) is 0 Å². The molecule has 1 saturated heterocycles. The molecular weight excluding hydrogens is 251 g/mol. The van der Waals surface area contributed by atoms with Gasteiger partial charge in [0, 0.05) is 0 Å². The number of hydrogen-bond donors (Lipinski definition) is 3. The van der Waals surface area contributed by atoms with Crippen LogP contribution in [0.2, 0.25) is 0 Å². The molecule has 6 heteroatoms. The van der Waals surface area contributed by atoms with E-state index in [0.717, 1.165) is 25.9 Å². The number of aliphatic carboxylic acids is 1. The Balaban J connectivity index is 0.00000112. The summed E-state index contributed by atoms with van der Waals surface area (Å²) in [5, 5.41) is 12.1. The lowest BCUT2D eigenvalue weighted by molar-refractivity contribution is -0.142. The quantitative estimate of drug-likeness (QED) is 0.701. The molecule has 2 fully saturated rings. The van der Waals surface area contributed by atoms with Gasteiger partial charge in [-0.05, 0) is 50.1 Å². The minimum atomic E-state index is -0.848. The summed E-state index contributed by atoms with van der Waals surface area (Å²) in [4.78, 5) is 10.7. The summed E-state index contributed by atoms with van der Waals surface area (Å²) in [6.07, 6.45) is 4.41. The number of carbonyl (C=O) groups is 1. The predicted octanol–water partition coefficient (Wildman–Crippen LogP) is 1.02. The Morgan fingerprint density at radius 3 is 2.25 bits per heavy atom. The summed E-state index contributed by atoms with van der Waals surface area (Å²) >= 11 is 0. The van der Waals surface area contributed by atoms with E-state index in [-0.39, 0.29) is 30.7 Å². The third-order valence-electron chi connectivity index (χ3n) is 3.85. The SMILES string of the molecule is Cl.Cl.NC(C(=O)O)C1CC2(CCNCC2)C1. The number of nitrogens with two attached hydrogens (primary N) is 1. The van der Waals surface area contributed by atoms with Crippen molar-refractivity contribution in [3.8, 4) is 0 Å². The van der Waals surface area contributed by atoms with Crippen LogP contribution >= 0.6 is 24.8 Å². The van der Waals surface area contributed by atoms with E-state index in [1.165, 1.54) is 12.8 Å². The Labute approximate surface area is 108 Å². The lowest BCUT2D eigenvalue weighted by atomic mass is 9.56. The lowest BCUT2D eigenvalue weighted by Crippen LogP contribution is -2.52. The van der Waals surface area contributed by atoms with Crippen molar-refractivity contribution in [2.75, 3.05) is 13.1 Å². The molecule has 1 unspecified atom stereocenters. The summed E-state index contributed by atoms with van der Waals surface area (Å²) in [5.74, 6) is -0.635. The molecule has 0 bridgehead atoms. The number of carboxylic acids is 1. The molecule has 0 aromatic carbocycles. The van der Waals surface area contributed by atoms with Crippen molar-refractivity contribution in [3.05, 3.63) is 0 Å². The van der Waals surface area contributed by atoms with Gasteiger partial charge in [-0.15, -0.1) is 24.8 Å². The van der Waals surface area contributed by atoms with E-state index < -0.39 is 12.0 Å². The van der Waals surface area contributed by atoms with Gasteiger partial charge in [0.2, 0.25) is 0 Å². The largest absolute Gasteiger partial charge is 0.480 e. The smallest absolute Gasteiger partial charge is 0.320 e. The van der Waals surface area contributed by atoms with Crippen molar-refractivity contribution in [1.29, 1.82) is 0 Å². The van der Waals surface area contributed by atoms with E-state index in [4.69, 9.17) is 10.8 Å². The van der Waals surface area contributed by atoms with E-state index >= 15 is 0 Å². The number of rotatable bonds is 2. The van der Waals surface area contributed by atoms with E-state index in [9.17, 15) is 4.79 Å². The van der Waals surface area contributed by atoms with Crippen molar-refractivity contribution in [3.63, 3.8) is 0 Å². The second-order valence-electron chi connectivity index (χ2n) is 4.78. The molecule has 0 amide bonds. The molecule has 2 rings (SSSR count). The molecule has 0 radical (unpaired) electrons. The zero-order valence-corrected chi connectivity index (χ0v) is 10.8. The van der Waals surface area contributed by atoms with Crippen LogP contribution in [0.15, 0.2) is 0 Å². The first-order valence-electron chi connectivity index (χ1n) is 5.32. The molecule has 0 aromatic heterocycles. The molecule has 1 aliphatic carbocycles. The summed E-state index contributed by atoms with van der Waals surface area (Å²) in [6, 6.07) is -0.643. The zero-order chi connectivity index (χ0) is 10.2. The topological polar surface area (TPSA) is 75.4 Å². The molecule has 1 saturated carbocycles. The predicted molar refractivity (Wildman–Crippen MR) is 67.4 cm³/mol. The van der Waals surface area contributed by atoms with Crippen LogP contribution in [0.1, 0.15) is 25.7 Å². The van der Waals surface area contributed by atoms with E-state index in [1.807, 2.05) is 0 Å². The van der Waals surface area contributed by atoms with Crippen LogP contribution in [-0.4, -0.2) is 30.2 Å². The van der Waals surface area contributed by atoms with E-state index in [0.29, 0.717) is 5.41 Å². The molecule has 4 nitrogen and oxygen atoms in total. The van der Waals surface area contributed by atoms with Gasteiger partial charge in [-0.3, -0.25) is 4.79 Å². The molecule has 4 N–H and O–H groups in total. The first-order valence-corrected chi connectivity index (χ1v) is 5.32. The van der Waals surface area contributed by atoms with Crippen LogP contribution in [0, 0.1) is 11.3 Å². The molecular formula is C10H20Cl2N2O2. The number of hydrogen-bond acceptors (Lipinski definition) is 3. The Bertz CT molecular complexity index is 237. The molecule has 2 aliphatic rings. The standard InChI is InChI=1S/C10H18N2O2.2ClH/c11-8(9(13)14)7-5-10(6-7)1-3-12-4-2-10;;/h7-8,12H,1-6,11H2,(H,13,14);2*1H. The maximum atomic E-state index is 10.7. The average Bonchev–Trinajstić information content (AvgIpc) is 2.14. The Kier molecular flexibility index (Phi) is 6.04. The monoisotopic (exact) mass is 270 g/mol. The van der Waals surface area contributed by atoms with Crippen LogP contribution in [0.4, 0.5) is 0 Å². The van der Waals surface area contributed by atoms with Crippen molar-refractivity contribution < 1.29 is 9.90 Å². The lowest BCUT2D eigenvalue weighted by Gasteiger charge is -2.51. The highest BCUT2D eigenvalue weighted by Gasteiger charge is 2.47. The van der Waals surface area contributed by atoms with Gasteiger partial charge in [0.05, 0.1) is 0 Å². The molecule has 96 valence electrons. The van der Waals surface area contributed by atoms with Gasteiger partial charge in [0.25, 0.3) is 0 Å². The van der Waals surface area contributed by atoms with Crippen molar-refractivity contribution >= 4 is 30.8 Å². The number of carboxylic acid groups (broad SMARTS) is 1. The number of nitrogens with one attached hydrogen (secondary N) is 1. The Hall–Kier alpha value is -0.0300. The second-order valence-corrected chi connectivity index (χ2v) is 4.78. The molecule has 1 spiro atoms. The fourth-order valence-electron chi connectivity index (χ4n) is 2.87. The van der Waals surface area contributed by atoms with Gasteiger partial charge < -0.3 is 16.2 Å². The highest BCUT2D eigenvalue weighted by atomic mass is 35.5. The highest BCUT2D eigenvalue weighted by Crippen LogP contribution is 2.52. The minimum absolute atomic E-state index is 0. The summed E-state index contributed by atoms with van der Waals surface area (Å²) in [5.41, 5.74) is 6.03. The summed E-state index contributed by atoms with van der Waals surface area (Å²) in [6.45, 7) is 2.16. The van der Waals surface area contributed by atoms with Gasteiger partial charge >= 0.3 is 5.97 Å². The van der Waals surface area contributed by atoms with Gasteiger partial charge in [-0.2, -0.15) is 0 Å². The average molecular weight is 271 g/mol. The Morgan fingerprint density at radius 1 is 1.31 bits per heavy atom. The van der Waals surface area contributed by atoms with Crippen LogP contribution in [0.25, 0.3) is 0 Å². The normalized spacial score (nSPS) is 24.8. The third kappa shape index (κ3) is 3.00. The maximum Gasteiger partial charge on any atom is 0.320 e. The van der Waals surface area contributed by atoms with Gasteiger partial charge in [0.15, 0.2) is 0 Å². The highest BCUT2D eigenvalue weighted by molar-refractivity contribution is 5.85. The summed E-state index contributed by atoms with van der Waals surface area (Å²) in [7, 11) is 0. The molecule has 1 atom stereocenters. The zero-order valence-electron chi connectivity index (χ0n) is 9.15. The van der Waals surface area contributed by atoms with Gasteiger partial charge in [0.1, 0.15) is 6.04 Å². The van der Waals surface area contributed by atoms with Crippen LogP contribution in [0.5, 0.6) is 0 Å².